The Bertz CT molecular complexity index is 136. The number of nitrogens with one attached hydrogen (secondary N) is 2. The van der Waals surface area contributed by atoms with Crippen molar-refractivity contribution in [2.45, 2.75) is 27.7 Å². The van der Waals surface area contributed by atoms with Gasteiger partial charge in [0.1, 0.15) is 0 Å². The van der Waals surface area contributed by atoms with Crippen molar-refractivity contribution in [3.8, 4) is 0 Å². The maximum absolute atomic E-state index is 10.6. The second-order valence-electron chi connectivity index (χ2n) is 1.91. The van der Waals surface area contributed by atoms with Crippen LogP contribution >= 0.6 is 15.9 Å². The van der Waals surface area contributed by atoms with Gasteiger partial charge in [0.2, 0.25) is 11.8 Å². The fourth-order valence-electron chi connectivity index (χ4n) is 0.488. The lowest BCUT2D eigenvalue weighted by molar-refractivity contribution is -0.121. The number of hydrogen-bond acceptors (Lipinski definition) is 2. The maximum atomic E-state index is 10.6. The molecule has 0 saturated carbocycles. The lowest BCUT2D eigenvalue weighted by Gasteiger charge is -2.00. The molecule has 0 aromatic rings. The van der Waals surface area contributed by atoms with E-state index in [1.807, 2.05) is 13.8 Å². The van der Waals surface area contributed by atoms with E-state index in [4.69, 9.17) is 0 Å². The van der Waals surface area contributed by atoms with Gasteiger partial charge in [-0.15, -0.1) is 0 Å². The minimum atomic E-state index is -0.103. The summed E-state index contributed by atoms with van der Waals surface area (Å²) in [5, 5.41) is 5.28. The van der Waals surface area contributed by atoms with Gasteiger partial charge >= 0.3 is 0 Å². The van der Waals surface area contributed by atoms with Gasteiger partial charge in [-0.1, -0.05) is 37.2 Å². The predicted molar refractivity (Wildman–Crippen MR) is 63.6 cm³/mol. The molecule has 86 valence electrons. The van der Waals surface area contributed by atoms with Crippen LogP contribution in [0.15, 0.2) is 0 Å². The van der Waals surface area contributed by atoms with E-state index in [9.17, 15) is 9.59 Å². The Morgan fingerprint density at radius 2 is 1.71 bits per heavy atom. The van der Waals surface area contributed by atoms with Gasteiger partial charge in [0.25, 0.3) is 0 Å². The summed E-state index contributed by atoms with van der Waals surface area (Å²) >= 11 is 2.99. The summed E-state index contributed by atoms with van der Waals surface area (Å²) in [4.78, 5) is 21.2. The van der Waals surface area contributed by atoms with Gasteiger partial charge < -0.3 is 10.6 Å². The Balaban J connectivity index is -0.000000376. The van der Waals surface area contributed by atoms with Crippen molar-refractivity contribution in [3.63, 3.8) is 0 Å². The van der Waals surface area contributed by atoms with Crippen LogP contribution in [0.4, 0.5) is 0 Å². The van der Waals surface area contributed by atoms with E-state index in [0.717, 1.165) is 0 Å². The topological polar surface area (TPSA) is 58.2 Å². The normalized spacial score (nSPS) is 7.43. The first-order valence-electron chi connectivity index (χ1n) is 4.24. The first-order valence-corrected chi connectivity index (χ1v) is 5.36. The molecule has 0 rings (SSSR count). The number of hydrogen-bond donors (Lipinski definition) is 2. The molecular weight excluding hydrogens is 248 g/mol. The molecule has 5 heteroatoms. The first kappa shape index (κ1) is 19.1. The zero-order valence-electron chi connectivity index (χ0n) is 8.32. The van der Waals surface area contributed by atoms with Crippen LogP contribution < -0.4 is 10.6 Å². The minimum absolute atomic E-state index is 0. The number of rotatable bonds is 4. The SMILES string of the molecule is C.CC.CNC(=O)CCNC(=O)CBr. The third-order valence-corrected chi connectivity index (χ3v) is 1.58. The Morgan fingerprint density at radius 3 is 2.07 bits per heavy atom. The average molecular weight is 269 g/mol. The van der Waals surface area contributed by atoms with Gasteiger partial charge in [-0.2, -0.15) is 0 Å². The fourth-order valence-corrected chi connectivity index (χ4v) is 0.686. The highest BCUT2D eigenvalue weighted by molar-refractivity contribution is 9.09. The molecule has 0 aromatic carbocycles. The zero-order valence-corrected chi connectivity index (χ0v) is 9.90. The standard InChI is InChI=1S/C6H11BrN2O2.C2H6.CH4/c1-8-5(10)2-3-9-6(11)4-7;1-2;/h2-4H2,1H3,(H,8,10)(H,9,11);1-2H3;1H4. The number of halogens is 1. The summed E-state index contributed by atoms with van der Waals surface area (Å²) in [7, 11) is 1.56. The largest absolute Gasteiger partial charge is 0.359 e. The molecule has 4 nitrogen and oxygen atoms in total. The highest BCUT2D eigenvalue weighted by Gasteiger charge is 1.99. The highest BCUT2D eigenvalue weighted by Crippen LogP contribution is 1.80. The van der Waals surface area contributed by atoms with Crippen molar-refractivity contribution in [1.82, 2.24) is 10.6 Å². The van der Waals surface area contributed by atoms with E-state index in [2.05, 4.69) is 26.6 Å². The molecule has 0 bridgehead atoms. The summed E-state index contributed by atoms with van der Waals surface area (Å²) in [5.74, 6) is -0.172. The summed E-state index contributed by atoms with van der Waals surface area (Å²) in [5.41, 5.74) is 0. The molecule has 0 spiro atoms. The van der Waals surface area contributed by atoms with E-state index in [-0.39, 0.29) is 24.6 Å². The molecule has 0 radical (unpaired) electrons. The van der Waals surface area contributed by atoms with E-state index in [1.165, 1.54) is 0 Å². The smallest absolute Gasteiger partial charge is 0.230 e. The second-order valence-corrected chi connectivity index (χ2v) is 2.47. The molecule has 0 aliphatic carbocycles. The van der Waals surface area contributed by atoms with Crippen LogP contribution in [-0.4, -0.2) is 30.7 Å². The zero-order chi connectivity index (χ0) is 10.7. The van der Waals surface area contributed by atoms with Crippen LogP contribution in [0, 0.1) is 0 Å². The van der Waals surface area contributed by atoms with Crippen molar-refractivity contribution in [2.24, 2.45) is 0 Å². The average Bonchev–Trinajstić information content (AvgIpc) is 2.20. The molecule has 0 heterocycles. The molecule has 14 heavy (non-hydrogen) atoms. The Labute approximate surface area is 95.0 Å². The first-order chi connectivity index (χ1) is 6.20. The van der Waals surface area contributed by atoms with Gasteiger partial charge in [0.05, 0.1) is 5.33 Å². The molecule has 0 saturated heterocycles. The van der Waals surface area contributed by atoms with Crippen LogP contribution in [0.2, 0.25) is 0 Å². The van der Waals surface area contributed by atoms with Crippen LogP contribution in [0.1, 0.15) is 27.7 Å². The third kappa shape index (κ3) is 14.0. The monoisotopic (exact) mass is 268 g/mol. The molecule has 0 aromatic heterocycles. The van der Waals surface area contributed by atoms with Gasteiger partial charge in [0, 0.05) is 20.0 Å². The van der Waals surface area contributed by atoms with Crippen molar-refractivity contribution < 1.29 is 9.59 Å². The lowest BCUT2D eigenvalue weighted by atomic mass is 10.4. The summed E-state index contributed by atoms with van der Waals surface area (Å²) in [6.45, 7) is 4.39. The Hall–Kier alpha value is -0.580. The summed E-state index contributed by atoms with van der Waals surface area (Å²) in [6, 6.07) is 0. The van der Waals surface area contributed by atoms with Gasteiger partial charge in [-0.3, -0.25) is 9.59 Å². The molecule has 2 amide bonds. The van der Waals surface area contributed by atoms with Crippen LogP contribution in [0.5, 0.6) is 0 Å². The number of amides is 2. The third-order valence-electron chi connectivity index (χ3n) is 1.07. The van der Waals surface area contributed by atoms with Gasteiger partial charge in [-0.25, -0.2) is 0 Å². The fraction of sp³-hybridized carbons (Fsp3) is 0.778. The maximum Gasteiger partial charge on any atom is 0.230 e. The Kier molecular flexibility index (Phi) is 20.3. The number of carbonyl (C=O) groups is 2. The minimum Gasteiger partial charge on any atom is -0.359 e. The highest BCUT2D eigenvalue weighted by atomic mass is 79.9. The quantitative estimate of drug-likeness (QED) is 0.756. The van der Waals surface area contributed by atoms with Crippen LogP contribution in [0.25, 0.3) is 0 Å². The van der Waals surface area contributed by atoms with Crippen molar-refractivity contribution in [1.29, 1.82) is 0 Å². The number of carbonyl (C=O) groups excluding carboxylic acids is 2. The molecule has 2 N–H and O–H groups in total. The predicted octanol–water partition coefficient (Wildman–Crippen LogP) is 1.30. The van der Waals surface area contributed by atoms with E-state index < -0.39 is 0 Å². The van der Waals surface area contributed by atoms with E-state index >= 15 is 0 Å². The molecule has 0 atom stereocenters. The molecule has 0 aliphatic heterocycles. The molecular formula is C9H21BrN2O2. The molecule has 0 unspecified atom stereocenters. The van der Waals surface area contributed by atoms with Crippen LogP contribution in [0.3, 0.4) is 0 Å². The lowest BCUT2D eigenvalue weighted by Crippen LogP contribution is -2.29. The second kappa shape index (κ2) is 14.9. The summed E-state index contributed by atoms with van der Waals surface area (Å²) < 4.78 is 0. The van der Waals surface area contributed by atoms with Gasteiger partial charge in [-0.05, 0) is 0 Å². The van der Waals surface area contributed by atoms with Crippen molar-refractivity contribution in [3.05, 3.63) is 0 Å². The van der Waals surface area contributed by atoms with Crippen molar-refractivity contribution >= 4 is 27.7 Å². The number of alkyl halides is 1. The molecule has 0 aliphatic rings. The molecule has 0 fully saturated rings. The van der Waals surface area contributed by atoms with E-state index in [0.29, 0.717) is 13.0 Å². The van der Waals surface area contributed by atoms with Gasteiger partial charge in [0.15, 0.2) is 0 Å². The van der Waals surface area contributed by atoms with E-state index in [1.54, 1.807) is 7.05 Å². The summed E-state index contributed by atoms with van der Waals surface area (Å²) in [6.07, 6.45) is 0.329. The van der Waals surface area contributed by atoms with Crippen LogP contribution in [-0.2, 0) is 9.59 Å². The van der Waals surface area contributed by atoms with Crippen molar-refractivity contribution in [2.75, 3.05) is 18.9 Å². The Morgan fingerprint density at radius 1 is 1.21 bits per heavy atom.